The van der Waals surface area contributed by atoms with E-state index in [9.17, 15) is 0 Å². The van der Waals surface area contributed by atoms with E-state index in [2.05, 4.69) is 264 Å². The van der Waals surface area contributed by atoms with Crippen molar-refractivity contribution in [2.45, 2.75) is 0 Å². The summed E-state index contributed by atoms with van der Waals surface area (Å²) in [4.78, 5) is 2.37. The van der Waals surface area contributed by atoms with Crippen LogP contribution in [0.5, 0.6) is 0 Å². The highest BCUT2D eigenvalue weighted by Gasteiger charge is 2.18. The molecular weight excluding hydrogens is 861 g/mol. The third-order valence-corrected chi connectivity index (χ3v) is 14.4. The zero-order valence-corrected chi connectivity index (χ0v) is 38.7. The van der Waals surface area contributed by atoms with E-state index in [4.69, 9.17) is 4.42 Å². The first-order valence-electron chi connectivity index (χ1n) is 24.3. The highest BCUT2D eigenvalue weighted by atomic mass is 16.3. The molecule has 71 heavy (non-hydrogen) atoms. The average Bonchev–Trinajstić information content (AvgIpc) is 3.99. The molecule has 0 atom stereocenters. The number of aromatic nitrogens is 1. The van der Waals surface area contributed by atoms with Crippen molar-refractivity contribution < 1.29 is 4.42 Å². The molecule has 0 aliphatic carbocycles. The average molecular weight is 905 g/mol. The number of rotatable bonds is 8. The molecule has 14 rings (SSSR count). The lowest BCUT2D eigenvalue weighted by Crippen LogP contribution is -2.09. The standard InChI is InChI=1S/C68H44N2O/c1-2-15-57-48(12-1)28-29-51-43-56(39-41-60(51)57)69(54-37-32-49(33-38-54)58-16-3-4-17-59(58)52-34-40-64-63-20-7-10-23-67(63)71-68(64)44-52)53-35-30-46(31-36-53)45-24-26-47(27-25-45)50-13-11-14-55(42-50)70-65-21-8-5-18-61(65)62-19-6-9-22-66(62)70/h1-44H. The van der Waals surface area contributed by atoms with Gasteiger partial charge in [0.05, 0.1) is 11.0 Å². The van der Waals surface area contributed by atoms with E-state index in [1.165, 1.54) is 65.6 Å². The number of nitrogens with zero attached hydrogens (tertiary/aromatic N) is 2. The van der Waals surface area contributed by atoms with E-state index in [0.717, 1.165) is 66.9 Å². The van der Waals surface area contributed by atoms with Crippen LogP contribution in [0.4, 0.5) is 17.1 Å². The smallest absolute Gasteiger partial charge is 0.136 e. The normalized spacial score (nSPS) is 11.7. The molecule has 0 fully saturated rings. The summed E-state index contributed by atoms with van der Waals surface area (Å²) in [6.45, 7) is 0. The molecule has 0 bridgehead atoms. The molecule has 3 heteroatoms. The summed E-state index contributed by atoms with van der Waals surface area (Å²) < 4.78 is 8.70. The van der Waals surface area contributed by atoms with Gasteiger partial charge >= 0.3 is 0 Å². The van der Waals surface area contributed by atoms with Crippen LogP contribution in [0.15, 0.2) is 271 Å². The minimum absolute atomic E-state index is 0.897. The van der Waals surface area contributed by atoms with Gasteiger partial charge in [-0.2, -0.15) is 0 Å². The summed E-state index contributed by atoms with van der Waals surface area (Å²) in [7, 11) is 0. The molecule has 0 saturated carbocycles. The van der Waals surface area contributed by atoms with Crippen LogP contribution in [-0.4, -0.2) is 4.57 Å². The van der Waals surface area contributed by atoms with Crippen molar-refractivity contribution in [2.24, 2.45) is 0 Å². The van der Waals surface area contributed by atoms with Gasteiger partial charge in [-0.1, -0.05) is 188 Å². The molecule has 0 aliphatic heterocycles. The highest BCUT2D eigenvalue weighted by Crippen LogP contribution is 2.42. The van der Waals surface area contributed by atoms with Gasteiger partial charge in [-0.05, 0) is 145 Å². The fourth-order valence-electron chi connectivity index (χ4n) is 10.9. The van der Waals surface area contributed by atoms with E-state index < -0.39 is 0 Å². The van der Waals surface area contributed by atoms with Crippen LogP contribution in [0.2, 0.25) is 0 Å². The fraction of sp³-hybridized carbons (Fsp3) is 0. The van der Waals surface area contributed by atoms with Gasteiger partial charge in [-0.3, -0.25) is 0 Å². The fourth-order valence-corrected chi connectivity index (χ4v) is 10.9. The number of fused-ring (bicyclic) bond motifs is 9. The second-order valence-electron chi connectivity index (χ2n) is 18.5. The first kappa shape index (κ1) is 40.6. The SMILES string of the molecule is c1cc(-c2ccc(-c3ccc(N(c4ccc(-c5ccccc5-c5ccc6c(c5)oc5ccccc56)cc4)c4ccc5c(ccc6ccccc65)c4)cc3)cc2)cc(-n2c3ccccc3c3ccccc32)c1. The lowest BCUT2D eigenvalue weighted by Gasteiger charge is -2.26. The van der Waals surface area contributed by atoms with Crippen LogP contribution < -0.4 is 4.90 Å². The predicted octanol–water partition coefficient (Wildman–Crippen LogP) is 19.1. The summed E-state index contributed by atoms with van der Waals surface area (Å²) in [5.41, 5.74) is 18.0. The van der Waals surface area contributed by atoms with Crippen LogP contribution in [0.1, 0.15) is 0 Å². The number of hydrogen-bond acceptors (Lipinski definition) is 2. The quantitative estimate of drug-likeness (QED) is 0.142. The third kappa shape index (κ3) is 6.97. The Morgan fingerprint density at radius 3 is 1.48 bits per heavy atom. The maximum absolute atomic E-state index is 6.32. The van der Waals surface area contributed by atoms with Crippen molar-refractivity contribution in [2.75, 3.05) is 4.90 Å². The zero-order valence-electron chi connectivity index (χ0n) is 38.7. The summed E-state index contributed by atoms with van der Waals surface area (Å²) in [6.07, 6.45) is 0. The van der Waals surface area contributed by atoms with E-state index in [1.807, 2.05) is 12.1 Å². The zero-order chi connectivity index (χ0) is 46.8. The van der Waals surface area contributed by atoms with E-state index in [0.29, 0.717) is 0 Å². The Hall–Kier alpha value is -9.44. The van der Waals surface area contributed by atoms with Crippen LogP contribution in [0.25, 0.3) is 115 Å². The Balaban J connectivity index is 0.799. The molecule has 0 unspecified atom stereocenters. The van der Waals surface area contributed by atoms with Gasteiger partial charge in [0.1, 0.15) is 11.2 Å². The molecule has 2 heterocycles. The lowest BCUT2D eigenvalue weighted by atomic mass is 9.94. The van der Waals surface area contributed by atoms with Gasteiger partial charge in [0, 0.05) is 44.3 Å². The second kappa shape index (κ2) is 16.7. The molecule has 0 aliphatic rings. The van der Waals surface area contributed by atoms with E-state index in [-0.39, 0.29) is 0 Å². The van der Waals surface area contributed by atoms with Gasteiger partial charge in [-0.15, -0.1) is 0 Å². The van der Waals surface area contributed by atoms with E-state index in [1.54, 1.807) is 0 Å². The van der Waals surface area contributed by atoms with E-state index >= 15 is 0 Å². The lowest BCUT2D eigenvalue weighted by molar-refractivity contribution is 0.669. The minimum Gasteiger partial charge on any atom is -0.456 e. The minimum atomic E-state index is 0.897. The van der Waals surface area contributed by atoms with Crippen LogP contribution in [0, 0.1) is 0 Å². The monoisotopic (exact) mass is 904 g/mol. The second-order valence-corrected chi connectivity index (χ2v) is 18.5. The summed E-state index contributed by atoms with van der Waals surface area (Å²) in [5, 5.41) is 9.76. The molecule has 0 saturated heterocycles. The maximum atomic E-state index is 6.32. The van der Waals surface area contributed by atoms with Gasteiger partial charge in [0.15, 0.2) is 0 Å². The largest absolute Gasteiger partial charge is 0.456 e. The molecular formula is C68H44N2O. The van der Waals surface area contributed by atoms with Crippen molar-refractivity contribution in [1.29, 1.82) is 0 Å². The predicted molar refractivity (Wildman–Crippen MR) is 299 cm³/mol. The van der Waals surface area contributed by atoms with Crippen LogP contribution in [-0.2, 0) is 0 Å². The van der Waals surface area contributed by atoms with Crippen molar-refractivity contribution in [1.82, 2.24) is 4.57 Å². The number of para-hydroxylation sites is 3. The summed E-state index contributed by atoms with van der Waals surface area (Å²) in [5.74, 6) is 0. The molecule has 0 amide bonds. The molecule has 12 aromatic carbocycles. The molecule has 2 aromatic heterocycles. The first-order valence-corrected chi connectivity index (χ1v) is 24.3. The topological polar surface area (TPSA) is 21.3 Å². The molecule has 0 N–H and O–H groups in total. The highest BCUT2D eigenvalue weighted by molar-refractivity contribution is 6.10. The Morgan fingerprint density at radius 2 is 0.761 bits per heavy atom. The first-order chi connectivity index (χ1) is 35.2. The molecule has 0 spiro atoms. The van der Waals surface area contributed by atoms with Crippen molar-refractivity contribution in [3.8, 4) is 50.2 Å². The van der Waals surface area contributed by atoms with Gasteiger partial charge in [0.25, 0.3) is 0 Å². The molecule has 0 radical (unpaired) electrons. The third-order valence-electron chi connectivity index (χ3n) is 14.4. The van der Waals surface area contributed by atoms with Gasteiger partial charge in [-0.25, -0.2) is 0 Å². The molecule has 3 nitrogen and oxygen atoms in total. The Kier molecular flexibility index (Phi) is 9.53. The van der Waals surface area contributed by atoms with Gasteiger partial charge in [0.2, 0.25) is 0 Å². The van der Waals surface area contributed by atoms with Crippen LogP contribution >= 0.6 is 0 Å². The van der Waals surface area contributed by atoms with Crippen LogP contribution in [0.3, 0.4) is 0 Å². The molecule has 332 valence electrons. The number of anilines is 3. The van der Waals surface area contributed by atoms with Crippen molar-refractivity contribution in [3.05, 3.63) is 267 Å². The summed E-state index contributed by atoms with van der Waals surface area (Å²) >= 11 is 0. The number of benzene rings is 12. The van der Waals surface area contributed by atoms with Crippen molar-refractivity contribution in [3.63, 3.8) is 0 Å². The van der Waals surface area contributed by atoms with Crippen molar-refractivity contribution >= 4 is 82.4 Å². The Labute approximate surface area is 411 Å². The Morgan fingerprint density at radius 1 is 0.268 bits per heavy atom. The number of furan rings is 1. The molecule has 14 aromatic rings. The maximum Gasteiger partial charge on any atom is 0.136 e. The Bertz CT molecular complexity index is 4280. The summed E-state index contributed by atoms with van der Waals surface area (Å²) in [6, 6.07) is 96.7. The van der Waals surface area contributed by atoms with Gasteiger partial charge < -0.3 is 13.9 Å². The number of hydrogen-bond donors (Lipinski definition) is 0.